The van der Waals surface area contributed by atoms with Crippen LogP contribution in [0.4, 0.5) is 0 Å². The molecule has 0 fully saturated rings. The number of hydrogen-bond acceptors (Lipinski definition) is 3. The minimum Gasteiger partial charge on any atom is -0.262 e. The van der Waals surface area contributed by atoms with Gasteiger partial charge in [0.25, 0.3) is 0 Å². The van der Waals surface area contributed by atoms with Crippen molar-refractivity contribution in [2.24, 2.45) is 15.2 Å². The monoisotopic (exact) mass is 205 g/mol. The van der Waals surface area contributed by atoms with Gasteiger partial charge in [0.15, 0.2) is 0 Å². The van der Waals surface area contributed by atoms with Gasteiger partial charge < -0.3 is 0 Å². The van der Waals surface area contributed by atoms with E-state index < -0.39 is 0 Å². The third kappa shape index (κ3) is 4.49. The van der Waals surface area contributed by atoms with E-state index in [2.05, 4.69) is 35.4 Å². The largest absolute Gasteiger partial charge is 0.262 e. The summed E-state index contributed by atoms with van der Waals surface area (Å²) in [6.45, 7) is 11.4. The summed E-state index contributed by atoms with van der Waals surface area (Å²) < 4.78 is 0. The Morgan fingerprint density at radius 2 is 2.07 bits per heavy atom. The molecule has 0 aliphatic carbocycles. The smallest absolute Gasteiger partial charge is 0.111 e. The van der Waals surface area contributed by atoms with Gasteiger partial charge in [-0.15, -0.1) is 0 Å². The number of azo groups is 1. The summed E-state index contributed by atoms with van der Waals surface area (Å²) in [4.78, 5) is 4.00. The van der Waals surface area contributed by atoms with Crippen LogP contribution in [0.15, 0.2) is 50.9 Å². The minimum atomic E-state index is 0.716. The lowest BCUT2D eigenvalue weighted by Gasteiger charge is -2.05. The molecular weight excluding hydrogens is 186 g/mol. The molecule has 82 valence electrons. The summed E-state index contributed by atoms with van der Waals surface area (Å²) in [6, 6.07) is 0. The molecule has 0 radical (unpaired) electrons. The number of aliphatic imine (C=N–C) groups is 1. The van der Waals surface area contributed by atoms with Crippen LogP contribution in [0.5, 0.6) is 0 Å². The molecule has 0 bridgehead atoms. The zero-order valence-electron chi connectivity index (χ0n) is 9.82. The fraction of sp³-hybridized carbons (Fsp3) is 0.417. The molecule has 3 nitrogen and oxygen atoms in total. The Hall–Kier alpha value is -1.51. The minimum absolute atomic E-state index is 0.716. The molecule has 0 aliphatic rings. The Balaban J connectivity index is 5.23. The molecule has 0 amide bonds. The van der Waals surface area contributed by atoms with E-state index in [1.165, 1.54) is 5.57 Å². The van der Waals surface area contributed by atoms with Gasteiger partial charge in [0.1, 0.15) is 5.70 Å². The van der Waals surface area contributed by atoms with Crippen LogP contribution in [0.1, 0.15) is 26.7 Å². The maximum absolute atomic E-state index is 4.01. The third-order valence-corrected chi connectivity index (χ3v) is 1.91. The molecule has 0 rings (SSSR count). The molecule has 0 aromatic carbocycles. The fourth-order valence-corrected chi connectivity index (χ4v) is 1.31. The highest BCUT2D eigenvalue weighted by Gasteiger charge is 2.05. The molecule has 0 unspecified atom stereocenters. The summed E-state index contributed by atoms with van der Waals surface area (Å²) in [5.41, 5.74) is 2.70. The second-order valence-electron chi connectivity index (χ2n) is 3.12. The fourth-order valence-electron chi connectivity index (χ4n) is 1.31. The van der Waals surface area contributed by atoms with Crippen LogP contribution in [0.2, 0.25) is 0 Å². The van der Waals surface area contributed by atoms with E-state index in [1.54, 1.807) is 19.2 Å². The SMILES string of the molecule is C=C/C=C(N=NC)\C(N=C)=C(\C)CCC. The van der Waals surface area contributed by atoms with Gasteiger partial charge in [0.05, 0.1) is 5.70 Å². The van der Waals surface area contributed by atoms with Crippen molar-refractivity contribution in [1.29, 1.82) is 0 Å². The molecule has 0 heterocycles. The van der Waals surface area contributed by atoms with Crippen LogP contribution in [-0.2, 0) is 0 Å². The quantitative estimate of drug-likeness (QED) is 0.358. The van der Waals surface area contributed by atoms with Crippen LogP contribution in [0.3, 0.4) is 0 Å². The van der Waals surface area contributed by atoms with E-state index in [-0.39, 0.29) is 0 Å². The van der Waals surface area contributed by atoms with E-state index in [9.17, 15) is 0 Å². The van der Waals surface area contributed by atoms with Gasteiger partial charge in [0.2, 0.25) is 0 Å². The number of rotatable bonds is 6. The van der Waals surface area contributed by atoms with E-state index in [4.69, 9.17) is 0 Å². The van der Waals surface area contributed by atoms with Crippen LogP contribution < -0.4 is 0 Å². The van der Waals surface area contributed by atoms with Crippen LogP contribution in [0.25, 0.3) is 0 Å². The Bertz CT molecular complexity index is 309. The predicted octanol–water partition coefficient (Wildman–Crippen LogP) is 3.91. The van der Waals surface area contributed by atoms with Gasteiger partial charge in [-0.3, -0.25) is 4.99 Å². The highest BCUT2D eigenvalue weighted by molar-refractivity contribution is 5.41. The van der Waals surface area contributed by atoms with Crippen molar-refractivity contribution in [3.05, 3.63) is 35.7 Å². The second-order valence-corrected chi connectivity index (χ2v) is 3.12. The van der Waals surface area contributed by atoms with Crippen LogP contribution in [-0.4, -0.2) is 13.8 Å². The highest BCUT2D eigenvalue weighted by atomic mass is 15.1. The van der Waals surface area contributed by atoms with Crippen molar-refractivity contribution in [3.63, 3.8) is 0 Å². The number of hydrogen-bond donors (Lipinski definition) is 0. The zero-order valence-corrected chi connectivity index (χ0v) is 9.82. The number of nitrogens with zero attached hydrogens (tertiary/aromatic N) is 3. The first-order valence-electron chi connectivity index (χ1n) is 5.00. The van der Waals surface area contributed by atoms with Gasteiger partial charge in [-0.25, -0.2) is 0 Å². The van der Waals surface area contributed by atoms with E-state index in [1.807, 2.05) is 6.92 Å². The molecule has 0 aromatic heterocycles. The standard InChI is InChI=1S/C12H19N3/c1-6-8-10(3)12(13-4)11(9-7-2)15-14-5/h7,9H,2,4,6,8H2,1,3,5H3/b11-9+,12-10+,15-14?. The average Bonchev–Trinajstić information content (AvgIpc) is 2.20. The molecular formula is C12H19N3. The number of allylic oxidation sites excluding steroid dienone is 3. The van der Waals surface area contributed by atoms with Gasteiger partial charge in [-0.05, 0) is 31.7 Å². The van der Waals surface area contributed by atoms with Gasteiger partial charge in [0, 0.05) is 7.05 Å². The molecule has 0 atom stereocenters. The van der Waals surface area contributed by atoms with Gasteiger partial charge in [-0.2, -0.15) is 10.2 Å². The highest BCUT2D eigenvalue weighted by Crippen LogP contribution is 2.20. The molecule has 3 heteroatoms. The summed E-state index contributed by atoms with van der Waals surface area (Å²) in [7, 11) is 1.63. The summed E-state index contributed by atoms with van der Waals surface area (Å²) >= 11 is 0. The summed E-state index contributed by atoms with van der Waals surface area (Å²) in [5, 5.41) is 7.76. The Morgan fingerprint density at radius 3 is 2.47 bits per heavy atom. The summed E-state index contributed by atoms with van der Waals surface area (Å²) in [5.74, 6) is 0. The molecule has 0 N–H and O–H groups in total. The first-order valence-corrected chi connectivity index (χ1v) is 5.00. The normalized spacial score (nSPS) is 13.9. The molecule has 0 aromatic rings. The maximum Gasteiger partial charge on any atom is 0.111 e. The average molecular weight is 205 g/mol. The zero-order chi connectivity index (χ0) is 11.7. The lowest BCUT2D eigenvalue weighted by molar-refractivity contribution is 0.884. The predicted molar refractivity (Wildman–Crippen MR) is 66.2 cm³/mol. The lowest BCUT2D eigenvalue weighted by atomic mass is 10.1. The third-order valence-electron chi connectivity index (χ3n) is 1.91. The van der Waals surface area contributed by atoms with Crippen molar-refractivity contribution in [3.8, 4) is 0 Å². The van der Waals surface area contributed by atoms with Crippen LogP contribution in [0, 0.1) is 0 Å². The molecule has 0 saturated carbocycles. The van der Waals surface area contributed by atoms with E-state index in [0.717, 1.165) is 18.5 Å². The molecule has 0 saturated heterocycles. The van der Waals surface area contributed by atoms with Crippen LogP contribution >= 0.6 is 0 Å². The topological polar surface area (TPSA) is 37.1 Å². The van der Waals surface area contributed by atoms with Crippen molar-refractivity contribution in [2.75, 3.05) is 7.05 Å². The summed E-state index contributed by atoms with van der Waals surface area (Å²) in [6.07, 6.45) is 5.53. The Labute approximate surface area is 92.0 Å². The molecule has 0 spiro atoms. The van der Waals surface area contributed by atoms with Gasteiger partial charge >= 0.3 is 0 Å². The van der Waals surface area contributed by atoms with Crippen molar-refractivity contribution in [1.82, 2.24) is 0 Å². The first-order chi connectivity index (χ1) is 7.21. The van der Waals surface area contributed by atoms with Crippen molar-refractivity contribution in [2.45, 2.75) is 26.7 Å². The first kappa shape index (κ1) is 13.5. The second kappa shape index (κ2) is 7.85. The van der Waals surface area contributed by atoms with Crippen molar-refractivity contribution < 1.29 is 0 Å². The maximum atomic E-state index is 4.01. The Morgan fingerprint density at radius 1 is 1.40 bits per heavy atom. The lowest BCUT2D eigenvalue weighted by Crippen LogP contribution is -1.89. The van der Waals surface area contributed by atoms with Crippen molar-refractivity contribution >= 4 is 6.72 Å². The Kier molecular flexibility index (Phi) is 7.06. The van der Waals surface area contributed by atoms with E-state index in [0.29, 0.717) is 5.70 Å². The molecule has 15 heavy (non-hydrogen) atoms. The molecule has 0 aliphatic heterocycles. The van der Waals surface area contributed by atoms with Gasteiger partial charge in [-0.1, -0.05) is 26.0 Å². The van der Waals surface area contributed by atoms with E-state index >= 15 is 0 Å².